The minimum atomic E-state index is -4.75. The first-order valence-corrected chi connectivity index (χ1v) is 10.1. The summed E-state index contributed by atoms with van der Waals surface area (Å²) in [6.07, 6.45) is -0.450. The zero-order valence-corrected chi connectivity index (χ0v) is 17.8. The van der Waals surface area contributed by atoms with Crippen LogP contribution < -0.4 is 4.74 Å². The van der Waals surface area contributed by atoms with Crippen LogP contribution in [0.5, 0.6) is 5.75 Å². The van der Waals surface area contributed by atoms with E-state index in [2.05, 4.69) is 9.72 Å². The summed E-state index contributed by atoms with van der Waals surface area (Å²) in [4.78, 5) is 32.5. The van der Waals surface area contributed by atoms with Gasteiger partial charge in [-0.05, 0) is 31.5 Å². The van der Waals surface area contributed by atoms with Gasteiger partial charge in [0.2, 0.25) is 11.8 Å². The summed E-state index contributed by atoms with van der Waals surface area (Å²) in [7, 11) is 0. The van der Waals surface area contributed by atoms with Crippen LogP contribution in [0.4, 0.5) is 13.2 Å². The molecule has 2 aromatic rings. The van der Waals surface area contributed by atoms with Gasteiger partial charge in [0, 0.05) is 31.5 Å². The minimum Gasteiger partial charge on any atom is -0.406 e. The van der Waals surface area contributed by atoms with Crippen molar-refractivity contribution < 1.29 is 32.2 Å². The Kier molecular flexibility index (Phi) is 7.39. The lowest BCUT2D eigenvalue weighted by Gasteiger charge is -2.27. The van der Waals surface area contributed by atoms with Crippen LogP contribution in [0, 0.1) is 0 Å². The van der Waals surface area contributed by atoms with Crippen molar-refractivity contribution in [3.63, 3.8) is 0 Å². The number of carbonyl (C=O) groups is 2. The van der Waals surface area contributed by atoms with Gasteiger partial charge in [-0.25, -0.2) is 4.98 Å². The van der Waals surface area contributed by atoms with Crippen LogP contribution >= 0.6 is 0 Å². The fourth-order valence-corrected chi connectivity index (χ4v) is 3.38. The number of carbonyl (C=O) groups excluding carboxylic acids is 2. The number of amides is 2. The van der Waals surface area contributed by atoms with Crippen molar-refractivity contribution in [1.29, 1.82) is 0 Å². The van der Waals surface area contributed by atoms with Crippen molar-refractivity contribution in [1.82, 2.24) is 19.4 Å². The van der Waals surface area contributed by atoms with Gasteiger partial charge in [0.05, 0.1) is 25.6 Å². The topological polar surface area (TPSA) is 76.9 Å². The third-order valence-corrected chi connectivity index (χ3v) is 4.97. The molecule has 0 bridgehead atoms. The maximum absolute atomic E-state index is 12.8. The van der Waals surface area contributed by atoms with Crippen LogP contribution in [0.2, 0.25) is 0 Å². The second-order valence-corrected chi connectivity index (χ2v) is 7.77. The van der Waals surface area contributed by atoms with Gasteiger partial charge >= 0.3 is 6.36 Å². The molecule has 11 heteroatoms. The van der Waals surface area contributed by atoms with Crippen molar-refractivity contribution in [2.75, 3.05) is 19.6 Å². The van der Waals surface area contributed by atoms with Crippen molar-refractivity contribution in [3.8, 4) is 5.75 Å². The molecule has 0 radical (unpaired) electrons. The normalized spacial score (nSPS) is 17.6. The molecule has 2 heterocycles. The van der Waals surface area contributed by atoms with Gasteiger partial charge in [-0.15, -0.1) is 13.2 Å². The maximum Gasteiger partial charge on any atom is 0.573 e. The number of imidazole rings is 1. The zero-order valence-electron chi connectivity index (χ0n) is 17.8. The van der Waals surface area contributed by atoms with Gasteiger partial charge in [-0.1, -0.05) is 12.1 Å². The number of alkyl halides is 3. The quantitative estimate of drug-likeness (QED) is 0.643. The largest absolute Gasteiger partial charge is 0.573 e. The number of ether oxygens (including phenoxy) is 2. The molecule has 0 unspecified atom stereocenters. The highest BCUT2D eigenvalue weighted by Gasteiger charge is 2.32. The van der Waals surface area contributed by atoms with Gasteiger partial charge in [0.15, 0.2) is 0 Å². The number of benzene rings is 1. The van der Waals surface area contributed by atoms with E-state index in [1.165, 1.54) is 35.5 Å². The number of aromatic nitrogens is 2. The lowest BCUT2D eigenvalue weighted by Crippen LogP contribution is -2.43. The maximum atomic E-state index is 12.8. The number of halogens is 3. The van der Waals surface area contributed by atoms with E-state index in [4.69, 9.17) is 4.74 Å². The molecular formula is C21H25F3N4O4. The Morgan fingerprint density at radius 3 is 2.53 bits per heavy atom. The fraction of sp³-hybridized carbons (Fsp3) is 0.476. The molecular weight excluding hydrogens is 429 g/mol. The van der Waals surface area contributed by atoms with Crippen LogP contribution in [0.25, 0.3) is 0 Å². The lowest BCUT2D eigenvalue weighted by atomic mass is 10.2. The summed E-state index contributed by atoms with van der Waals surface area (Å²) in [6.45, 7) is 4.42. The van der Waals surface area contributed by atoms with Gasteiger partial charge in [-0.2, -0.15) is 0 Å². The fourth-order valence-electron chi connectivity index (χ4n) is 3.38. The molecule has 1 aromatic heterocycles. The summed E-state index contributed by atoms with van der Waals surface area (Å²) in [5.41, 5.74) is 0.641. The Hall–Kier alpha value is -3.08. The average Bonchev–Trinajstić information content (AvgIpc) is 3.15. The smallest absolute Gasteiger partial charge is 0.406 e. The van der Waals surface area contributed by atoms with Gasteiger partial charge < -0.3 is 23.8 Å². The molecule has 1 aliphatic rings. The van der Waals surface area contributed by atoms with E-state index in [1.54, 1.807) is 21.9 Å². The third kappa shape index (κ3) is 6.71. The Morgan fingerprint density at radius 2 is 1.94 bits per heavy atom. The Balaban J connectivity index is 1.66. The number of nitrogens with zero attached hydrogens (tertiary/aromatic N) is 4. The predicted octanol–water partition coefficient (Wildman–Crippen LogP) is 2.45. The average molecular weight is 454 g/mol. The van der Waals surface area contributed by atoms with E-state index in [1.807, 2.05) is 13.8 Å². The highest BCUT2D eigenvalue weighted by atomic mass is 19.4. The standard InChI is InChI=1S/C21H25F3N4O4/c1-15(2)28-10-18(31-13-16-3-5-17(6-4-16)32-21(22,23)24)9-27(12-20(28)30)19(29)11-26-8-7-25-14-26/h3-8,14-15,18H,9-13H2,1-2H3/t18-/m0/s1. The number of hydrogen-bond acceptors (Lipinski definition) is 5. The second kappa shape index (κ2) is 10.0. The molecule has 1 aliphatic heterocycles. The molecule has 0 aliphatic carbocycles. The molecule has 0 spiro atoms. The van der Waals surface area contributed by atoms with Crippen molar-refractivity contribution in [2.45, 2.75) is 45.5 Å². The van der Waals surface area contributed by atoms with Crippen molar-refractivity contribution in [3.05, 3.63) is 48.5 Å². The van der Waals surface area contributed by atoms with Gasteiger partial charge in [-0.3, -0.25) is 9.59 Å². The summed E-state index contributed by atoms with van der Waals surface area (Å²) in [5, 5.41) is 0. The molecule has 1 fully saturated rings. The molecule has 0 N–H and O–H groups in total. The Morgan fingerprint density at radius 1 is 1.22 bits per heavy atom. The van der Waals surface area contributed by atoms with Gasteiger partial charge in [0.25, 0.3) is 0 Å². The van der Waals surface area contributed by atoms with E-state index < -0.39 is 12.5 Å². The van der Waals surface area contributed by atoms with Gasteiger partial charge in [0.1, 0.15) is 12.3 Å². The first-order chi connectivity index (χ1) is 15.1. The summed E-state index contributed by atoms with van der Waals surface area (Å²) < 4.78 is 48.4. The monoisotopic (exact) mass is 454 g/mol. The SMILES string of the molecule is CC(C)N1C[C@@H](OCc2ccc(OC(F)(F)F)cc2)CN(C(=O)Cn2ccnc2)CC1=O. The highest BCUT2D eigenvalue weighted by Crippen LogP contribution is 2.23. The Labute approximate surface area is 183 Å². The van der Waals surface area contributed by atoms with Crippen LogP contribution in [0.15, 0.2) is 43.0 Å². The van der Waals surface area contributed by atoms with Crippen LogP contribution in [-0.4, -0.2) is 69.3 Å². The highest BCUT2D eigenvalue weighted by molar-refractivity contribution is 5.85. The van der Waals surface area contributed by atoms with E-state index in [-0.39, 0.29) is 49.8 Å². The molecule has 2 amide bonds. The summed E-state index contributed by atoms with van der Waals surface area (Å²) in [6, 6.07) is 5.31. The van der Waals surface area contributed by atoms with Crippen LogP contribution in [0.3, 0.4) is 0 Å². The molecule has 3 rings (SSSR count). The van der Waals surface area contributed by atoms with E-state index >= 15 is 0 Å². The van der Waals surface area contributed by atoms with Crippen molar-refractivity contribution in [2.24, 2.45) is 0 Å². The van der Waals surface area contributed by atoms with E-state index in [0.29, 0.717) is 12.1 Å². The molecule has 0 saturated carbocycles. The first kappa shape index (κ1) is 23.6. The zero-order chi connectivity index (χ0) is 23.3. The third-order valence-electron chi connectivity index (χ3n) is 4.97. The molecule has 174 valence electrons. The number of hydrogen-bond donors (Lipinski definition) is 0. The van der Waals surface area contributed by atoms with E-state index in [9.17, 15) is 22.8 Å². The lowest BCUT2D eigenvalue weighted by molar-refractivity contribution is -0.274. The first-order valence-electron chi connectivity index (χ1n) is 10.1. The Bertz CT molecular complexity index is 901. The summed E-state index contributed by atoms with van der Waals surface area (Å²) in [5.74, 6) is -0.716. The molecule has 1 saturated heterocycles. The molecule has 32 heavy (non-hydrogen) atoms. The van der Waals surface area contributed by atoms with Crippen LogP contribution in [-0.2, 0) is 27.5 Å². The molecule has 1 aromatic carbocycles. The predicted molar refractivity (Wildman–Crippen MR) is 107 cm³/mol. The van der Waals surface area contributed by atoms with Crippen molar-refractivity contribution >= 4 is 11.8 Å². The van der Waals surface area contributed by atoms with E-state index in [0.717, 1.165) is 0 Å². The van der Waals surface area contributed by atoms with Crippen LogP contribution in [0.1, 0.15) is 19.4 Å². The second-order valence-electron chi connectivity index (χ2n) is 7.77. The number of rotatable bonds is 7. The molecule has 1 atom stereocenters. The summed E-state index contributed by atoms with van der Waals surface area (Å²) >= 11 is 0. The minimum absolute atomic E-state index is 0.0466. The molecule has 8 nitrogen and oxygen atoms in total.